The van der Waals surface area contributed by atoms with Crippen LogP contribution in [0, 0.1) is 6.92 Å². The summed E-state index contributed by atoms with van der Waals surface area (Å²) in [6, 6.07) is 6.24. The van der Waals surface area contributed by atoms with E-state index in [9.17, 15) is 0 Å². The van der Waals surface area contributed by atoms with E-state index in [4.69, 9.17) is 14.7 Å². The van der Waals surface area contributed by atoms with Gasteiger partial charge in [-0.15, -0.1) is 0 Å². The highest BCUT2D eigenvalue weighted by atomic mass is 16.5. The van der Waals surface area contributed by atoms with Crippen LogP contribution in [-0.2, 0) is 12.8 Å². The van der Waals surface area contributed by atoms with E-state index < -0.39 is 0 Å². The molecule has 0 aliphatic carbocycles. The number of hydrogen-bond acceptors (Lipinski definition) is 4. The van der Waals surface area contributed by atoms with Gasteiger partial charge < -0.3 is 10.1 Å². The lowest BCUT2D eigenvalue weighted by Crippen LogP contribution is -2.11. The molecule has 0 unspecified atom stereocenters. The summed E-state index contributed by atoms with van der Waals surface area (Å²) in [5, 5.41) is 3.49. The first-order valence-corrected chi connectivity index (χ1v) is 9.43. The SMILES string of the molecule is CCCCCNc1nc(CC)c(-c2ccc(C)cc2OC)nc1CC. The average Bonchev–Trinajstić information content (AvgIpc) is 2.64. The molecule has 1 heterocycles. The Bertz CT molecular complexity index is 698. The summed E-state index contributed by atoms with van der Waals surface area (Å²) in [5.41, 5.74) is 5.17. The molecule has 1 aromatic heterocycles. The third-order valence-electron chi connectivity index (χ3n) is 4.39. The van der Waals surface area contributed by atoms with Gasteiger partial charge in [0.15, 0.2) is 0 Å². The Hall–Kier alpha value is -2.10. The summed E-state index contributed by atoms with van der Waals surface area (Å²) in [6.07, 6.45) is 5.32. The van der Waals surface area contributed by atoms with Crippen LogP contribution < -0.4 is 10.1 Å². The van der Waals surface area contributed by atoms with Crippen molar-refractivity contribution in [1.82, 2.24) is 9.97 Å². The van der Waals surface area contributed by atoms with Crippen molar-refractivity contribution in [1.29, 1.82) is 0 Å². The molecule has 0 aliphatic heterocycles. The topological polar surface area (TPSA) is 47.0 Å². The number of hydrogen-bond donors (Lipinski definition) is 1. The lowest BCUT2D eigenvalue weighted by atomic mass is 10.0. The maximum absolute atomic E-state index is 5.59. The van der Waals surface area contributed by atoms with Crippen LogP contribution in [0.3, 0.4) is 0 Å². The molecule has 0 fully saturated rings. The van der Waals surface area contributed by atoms with Crippen LogP contribution in [0.15, 0.2) is 18.2 Å². The van der Waals surface area contributed by atoms with Crippen molar-refractivity contribution in [3.8, 4) is 17.0 Å². The molecule has 25 heavy (non-hydrogen) atoms. The fraction of sp³-hybridized carbons (Fsp3) is 0.524. The lowest BCUT2D eigenvalue weighted by Gasteiger charge is -2.16. The summed E-state index contributed by atoms with van der Waals surface area (Å²) in [6.45, 7) is 9.49. The molecular formula is C21H31N3O. The van der Waals surface area contributed by atoms with Gasteiger partial charge in [0.2, 0.25) is 0 Å². The van der Waals surface area contributed by atoms with E-state index in [1.807, 2.05) is 0 Å². The maximum Gasteiger partial charge on any atom is 0.148 e. The Balaban J connectivity index is 2.42. The fourth-order valence-electron chi connectivity index (χ4n) is 2.93. The highest BCUT2D eigenvalue weighted by molar-refractivity contribution is 5.71. The molecule has 0 saturated heterocycles. The fourth-order valence-corrected chi connectivity index (χ4v) is 2.93. The standard InChI is InChI=1S/C21H31N3O/c1-6-9-10-13-22-21-18(8-3)23-20(17(7-2)24-21)16-12-11-15(4)14-19(16)25-5/h11-12,14H,6-10,13H2,1-5H3,(H,22,24). The van der Waals surface area contributed by atoms with Crippen molar-refractivity contribution >= 4 is 5.82 Å². The summed E-state index contributed by atoms with van der Waals surface area (Å²) >= 11 is 0. The van der Waals surface area contributed by atoms with Crippen molar-refractivity contribution in [2.75, 3.05) is 19.0 Å². The Labute approximate surface area is 152 Å². The van der Waals surface area contributed by atoms with Crippen molar-refractivity contribution in [2.24, 2.45) is 0 Å². The molecule has 0 amide bonds. The van der Waals surface area contributed by atoms with Crippen LogP contribution in [0.2, 0.25) is 0 Å². The summed E-state index contributed by atoms with van der Waals surface area (Å²) < 4.78 is 5.59. The predicted octanol–water partition coefficient (Wildman–Crippen LogP) is 5.19. The summed E-state index contributed by atoms with van der Waals surface area (Å²) in [4.78, 5) is 9.87. The van der Waals surface area contributed by atoms with E-state index >= 15 is 0 Å². The van der Waals surface area contributed by atoms with Gasteiger partial charge in [-0.05, 0) is 43.9 Å². The highest BCUT2D eigenvalue weighted by Crippen LogP contribution is 2.33. The first-order valence-electron chi connectivity index (χ1n) is 9.43. The van der Waals surface area contributed by atoms with E-state index in [-0.39, 0.29) is 0 Å². The van der Waals surface area contributed by atoms with Gasteiger partial charge in [-0.3, -0.25) is 0 Å². The molecule has 0 bridgehead atoms. The van der Waals surface area contributed by atoms with E-state index in [0.717, 1.165) is 60.0 Å². The van der Waals surface area contributed by atoms with Gasteiger partial charge in [0.25, 0.3) is 0 Å². The molecule has 0 atom stereocenters. The molecule has 136 valence electrons. The first-order chi connectivity index (χ1) is 12.1. The number of nitrogens with zero attached hydrogens (tertiary/aromatic N) is 2. The zero-order valence-corrected chi connectivity index (χ0v) is 16.3. The summed E-state index contributed by atoms with van der Waals surface area (Å²) in [5.74, 6) is 1.79. The van der Waals surface area contributed by atoms with Crippen molar-refractivity contribution in [3.63, 3.8) is 0 Å². The lowest BCUT2D eigenvalue weighted by molar-refractivity contribution is 0.416. The van der Waals surface area contributed by atoms with Crippen LogP contribution >= 0.6 is 0 Å². The quantitative estimate of drug-likeness (QED) is 0.638. The second-order valence-corrected chi connectivity index (χ2v) is 6.36. The normalized spacial score (nSPS) is 10.8. The molecule has 2 rings (SSSR count). The first kappa shape index (κ1) is 19.2. The smallest absolute Gasteiger partial charge is 0.148 e. The van der Waals surface area contributed by atoms with E-state index in [1.165, 1.54) is 18.4 Å². The van der Waals surface area contributed by atoms with Crippen LogP contribution in [0.5, 0.6) is 5.75 Å². The van der Waals surface area contributed by atoms with Crippen LogP contribution in [0.4, 0.5) is 5.82 Å². The number of anilines is 1. The molecule has 0 radical (unpaired) electrons. The van der Waals surface area contributed by atoms with Gasteiger partial charge >= 0.3 is 0 Å². The number of aryl methyl sites for hydroxylation is 3. The van der Waals surface area contributed by atoms with Gasteiger partial charge in [0.05, 0.1) is 24.2 Å². The van der Waals surface area contributed by atoms with Crippen molar-refractivity contribution in [2.45, 2.75) is 59.8 Å². The Morgan fingerprint density at radius 1 is 1.00 bits per heavy atom. The number of methoxy groups -OCH3 is 1. The third-order valence-corrected chi connectivity index (χ3v) is 4.39. The Morgan fingerprint density at radius 3 is 2.40 bits per heavy atom. The van der Waals surface area contributed by atoms with Gasteiger partial charge in [-0.2, -0.15) is 0 Å². The van der Waals surface area contributed by atoms with Gasteiger partial charge in [-0.25, -0.2) is 9.97 Å². The monoisotopic (exact) mass is 341 g/mol. The molecule has 2 aromatic rings. The minimum Gasteiger partial charge on any atom is -0.496 e. The van der Waals surface area contributed by atoms with Crippen LogP contribution in [0.1, 0.15) is 57.0 Å². The largest absolute Gasteiger partial charge is 0.496 e. The number of benzene rings is 1. The van der Waals surface area contributed by atoms with Gasteiger partial charge in [-0.1, -0.05) is 39.7 Å². The number of ether oxygens (including phenoxy) is 1. The predicted molar refractivity (Wildman–Crippen MR) is 106 cm³/mol. The molecule has 4 heteroatoms. The molecule has 0 saturated carbocycles. The Morgan fingerprint density at radius 2 is 1.76 bits per heavy atom. The van der Waals surface area contributed by atoms with E-state index in [2.05, 4.69) is 51.2 Å². The minimum absolute atomic E-state index is 0.840. The second kappa shape index (κ2) is 9.40. The maximum atomic E-state index is 5.59. The molecule has 4 nitrogen and oxygen atoms in total. The number of unbranched alkanes of at least 4 members (excludes halogenated alkanes) is 2. The second-order valence-electron chi connectivity index (χ2n) is 6.36. The number of rotatable bonds is 9. The Kier molecular flexibility index (Phi) is 7.23. The molecule has 0 spiro atoms. The summed E-state index contributed by atoms with van der Waals surface area (Å²) in [7, 11) is 1.71. The van der Waals surface area contributed by atoms with Crippen molar-refractivity contribution in [3.05, 3.63) is 35.2 Å². The highest BCUT2D eigenvalue weighted by Gasteiger charge is 2.16. The molecular weight excluding hydrogens is 310 g/mol. The van der Waals surface area contributed by atoms with Gasteiger partial charge in [0.1, 0.15) is 11.6 Å². The number of aromatic nitrogens is 2. The molecule has 1 N–H and O–H groups in total. The zero-order valence-electron chi connectivity index (χ0n) is 16.3. The third kappa shape index (κ3) is 4.71. The molecule has 1 aromatic carbocycles. The van der Waals surface area contributed by atoms with Crippen LogP contribution in [-0.4, -0.2) is 23.6 Å². The zero-order chi connectivity index (χ0) is 18.2. The van der Waals surface area contributed by atoms with Crippen molar-refractivity contribution < 1.29 is 4.74 Å². The van der Waals surface area contributed by atoms with Gasteiger partial charge in [0, 0.05) is 12.1 Å². The van der Waals surface area contributed by atoms with E-state index in [1.54, 1.807) is 7.11 Å². The van der Waals surface area contributed by atoms with Crippen LogP contribution in [0.25, 0.3) is 11.3 Å². The molecule has 0 aliphatic rings. The average molecular weight is 341 g/mol. The van der Waals surface area contributed by atoms with E-state index in [0.29, 0.717) is 0 Å². The minimum atomic E-state index is 0.840. The number of nitrogens with one attached hydrogen (secondary N) is 1.